The van der Waals surface area contributed by atoms with Gasteiger partial charge in [-0.05, 0) is 12.8 Å². The molecule has 0 N–H and O–H groups in total. The summed E-state index contributed by atoms with van der Waals surface area (Å²) < 4.78 is 0. The Morgan fingerprint density at radius 2 is 2.21 bits per heavy atom. The summed E-state index contributed by atoms with van der Waals surface area (Å²) in [5.41, 5.74) is 0.783. The van der Waals surface area contributed by atoms with Crippen molar-refractivity contribution in [1.82, 2.24) is 0 Å². The molecule has 1 aromatic carbocycles. The van der Waals surface area contributed by atoms with Crippen LogP contribution in [0.5, 0.6) is 0 Å². The third kappa shape index (κ3) is 5.67. The molecular formula is C12H16OY+. The first kappa shape index (κ1) is 16.4. The quantitative estimate of drug-likeness (QED) is 0.603. The Hall–Kier alpha value is -0.00610. The molecule has 0 radical (unpaired) electrons. The number of ketones is 1. The fraction of sp³-hybridized carbons (Fsp3) is 0.333. The molecule has 1 aromatic rings. The minimum absolute atomic E-state index is 0. The van der Waals surface area contributed by atoms with Crippen LogP contribution in [-0.2, 0) is 32.7 Å². The SMILES string of the molecule is CCCCC(=O)c1c[c-]ccc1.[CH3-].[Y+3]. The van der Waals surface area contributed by atoms with Gasteiger partial charge in [0.25, 0.3) is 0 Å². The summed E-state index contributed by atoms with van der Waals surface area (Å²) in [7, 11) is 0. The third-order valence-corrected chi connectivity index (χ3v) is 1.79. The van der Waals surface area contributed by atoms with E-state index in [0.717, 1.165) is 18.4 Å². The van der Waals surface area contributed by atoms with Gasteiger partial charge in [-0.25, -0.2) is 0 Å². The molecule has 0 heterocycles. The predicted octanol–water partition coefficient (Wildman–Crippen LogP) is 3.31. The van der Waals surface area contributed by atoms with Crippen molar-refractivity contribution in [2.45, 2.75) is 26.2 Å². The van der Waals surface area contributed by atoms with Crippen LogP contribution in [0.4, 0.5) is 0 Å². The van der Waals surface area contributed by atoms with Gasteiger partial charge in [0.15, 0.2) is 0 Å². The standard InChI is InChI=1S/C11H13O.CH3.Y/c1-2-3-9-11(12)10-7-5-4-6-8-10;;/h4-5,7-8H,2-3,9H2,1H3;1H3;/q2*-1;+3. The van der Waals surface area contributed by atoms with E-state index in [-0.39, 0.29) is 45.9 Å². The molecule has 2 heteroatoms. The molecule has 0 bridgehead atoms. The molecule has 72 valence electrons. The molecule has 0 saturated carbocycles. The maximum absolute atomic E-state index is 11.4. The Labute approximate surface area is 112 Å². The van der Waals surface area contributed by atoms with Gasteiger partial charge in [0.2, 0.25) is 0 Å². The molecule has 0 amide bonds. The molecule has 0 aliphatic carbocycles. The van der Waals surface area contributed by atoms with Crippen molar-refractivity contribution in [2.75, 3.05) is 0 Å². The van der Waals surface area contributed by atoms with Gasteiger partial charge >= 0.3 is 32.7 Å². The fourth-order valence-electron chi connectivity index (χ4n) is 1.05. The monoisotopic (exact) mass is 265 g/mol. The topological polar surface area (TPSA) is 17.1 Å². The van der Waals surface area contributed by atoms with E-state index in [2.05, 4.69) is 13.0 Å². The molecule has 0 fully saturated rings. The Bertz CT molecular complexity index is 244. The van der Waals surface area contributed by atoms with Crippen LogP contribution in [0.3, 0.4) is 0 Å². The Morgan fingerprint density at radius 3 is 2.71 bits per heavy atom. The second-order valence-electron chi connectivity index (χ2n) is 2.82. The van der Waals surface area contributed by atoms with Crippen LogP contribution in [0.1, 0.15) is 36.5 Å². The molecular weight excluding hydrogens is 249 g/mol. The van der Waals surface area contributed by atoms with E-state index in [9.17, 15) is 4.79 Å². The summed E-state index contributed by atoms with van der Waals surface area (Å²) in [6, 6.07) is 10.1. The van der Waals surface area contributed by atoms with Crippen molar-refractivity contribution in [3.05, 3.63) is 43.3 Å². The minimum atomic E-state index is 0. The number of carbonyl (C=O) groups excluding carboxylic acids is 1. The Kier molecular flexibility index (Phi) is 11.2. The molecule has 1 rings (SSSR count). The van der Waals surface area contributed by atoms with Gasteiger partial charge in [-0.3, -0.25) is 0 Å². The first-order valence-corrected chi connectivity index (χ1v) is 4.34. The Morgan fingerprint density at radius 1 is 1.50 bits per heavy atom. The van der Waals surface area contributed by atoms with Crippen LogP contribution < -0.4 is 0 Å². The van der Waals surface area contributed by atoms with Crippen LogP contribution in [0.25, 0.3) is 0 Å². The largest absolute Gasteiger partial charge is 3.00 e. The van der Waals surface area contributed by atoms with Crippen LogP contribution in [-0.4, -0.2) is 5.78 Å². The second-order valence-corrected chi connectivity index (χ2v) is 2.82. The first-order chi connectivity index (χ1) is 5.84. The average Bonchev–Trinajstić information content (AvgIpc) is 2.15. The van der Waals surface area contributed by atoms with E-state index < -0.39 is 0 Å². The van der Waals surface area contributed by atoms with Crippen molar-refractivity contribution in [3.8, 4) is 0 Å². The van der Waals surface area contributed by atoms with Gasteiger partial charge in [-0.1, -0.05) is 18.9 Å². The number of benzene rings is 1. The minimum Gasteiger partial charge on any atom is -0.358 e. The van der Waals surface area contributed by atoms with Gasteiger partial charge in [-0.2, -0.15) is 30.3 Å². The Balaban J connectivity index is 0. The molecule has 0 unspecified atom stereocenters. The van der Waals surface area contributed by atoms with Crippen LogP contribution in [0, 0.1) is 13.5 Å². The van der Waals surface area contributed by atoms with E-state index in [0.29, 0.717) is 6.42 Å². The first-order valence-electron chi connectivity index (χ1n) is 4.34. The van der Waals surface area contributed by atoms with Crippen molar-refractivity contribution in [2.24, 2.45) is 0 Å². The van der Waals surface area contributed by atoms with Crippen molar-refractivity contribution < 1.29 is 37.5 Å². The number of Topliss-reactive ketones (excluding diaryl/α,β-unsaturated/α-hetero) is 1. The molecule has 0 atom stereocenters. The summed E-state index contributed by atoms with van der Waals surface area (Å²) in [5.74, 6) is 0.230. The number of carbonyl (C=O) groups is 1. The zero-order valence-corrected chi connectivity index (χ0v) is 11.8. The number of unbranched alkanes of at least 4 members (excludes halogenated alkanes) is 1. The normalized spacial score (nSPS) is 8.36. The molecule has 0 aliphatic heterocycles. The summed E-state index contributed by atoms with van der Waals surface area (Å²) in [5, 5.41) is 0. The zero-order chi connectivity index (χ0) is 8.81. The fourth-order valence-corrected chi connectivity index (χ4v) is 1.05. The number of hydrogen-bond acceptors (Lipinski definition) is 1. The summed E-state index contributed by atoms with van der Waals surface area (Å²) in [4.78, 5) is 11.4. The summed E-state index contributed by atoms with van der Waals surface area (Å²) >= 11 is 0. The van der Waals surface area contributed by atoms with Gasteiger partial charge in [0.1, 0.15) is 5.78 Å². The number of hydrogen-bond donors (Lipinski definition) is 0. The van der Waals surface area contributed by atoms with Crippen molar-refractivity contribution in [1.29, 1.82) is 0 Å². The molecule has 0 aliphatic rings. The van der Waals surface area contributed by atoms with Crippen LogP contribution in [0.2, 0.25) is 0 Å². The van der Waals surface area contributed by atoms with Gasteiger partial charge in [-0.15, -0.1) is 0 Å². The van der Waals surface area contributed by atoms with E-state index >= 15 is 0 Å². The second kappa shape index (κ2) is 9.55. The van der Waals surface area contributed by atoms with E-state index in [4.69, 9.17) is 0 Å². The van der Waals surface area contributed by atoms with Crippen LogP contribution >= 0.6 is 0 Å². The summed E-state index contributed by atoms with van der Waals surface area (Å²) in [6.07, 6.45) is 2.71. The maximum atomic E-state index is 11.4. The average molecular weight is 265 g/mol. The smallest absolute Gasteiger partial charge is 0.358 e. The summed E-state index contributed by atoms with van der Waals surface area (Å²) in [6.45, 7) is 2.09. The van der Waals surface area contributed by atoms with E-state index in [1.165, 1.54) is 0 Å². The molecule has 1 nitrogen and oxygen atoms in total. The van der Waals surface area contributed by atoms with E-state index in [1.807, 2.05) is 12.1 Å². The van der Waals surface area contributed by atoms with Crippen molar-refractivity contribution >= 4 is 5.78 Å². The molecule has 0 spiro atoms. The molecule has 14 heavy (non-hydrogen) atoms. The predicted molar refractivity (Wildman–Crippen MR) is 55.5 cm³/mol. The van der Waals surface area contributed by atoms with E-state index in [1.54, 1.807) is 12.1 Å². The van der Waals surface area contributed by atoms with Crippen molar-refractivity contribution in [3.63, 3.8) is 0 Å². The van der Waals surface area contributed by atoms with Gasteiger partial charge < -0.3 is 12.2 Å². The van der Waals surface area contributed by atoms with Gasteiger partial charge in [0, 0.05) is 0 Å². The molecule has 0 aromatic heterocycles. The third-order valence-electron chi connectivity index (χ3n) is 1.79. The molecule has 0 saturated heterocycles. The van der Waals surface area contributed by atoms with Crippen LogP contribution in [0.15, 0.2) is 24.3 Å². The maximum Gasteiger partial charge on any atom is 3.00 e. The zero-order valence-electron chi connectivity index (χ0n) is 8.92. The van der Waals surface area contributed by atoms with Gasteiger partial charge in [0.05, 0.1) is 0 Å². The number of rotatable bonds is 4.